The number of rotatable bonds is 3. The highest BCUT2D eigenvalue weighted by Crippen LogP contribution is 2.25. The average Bonchev–Trinajstić information content (AvgIpc) is 2.39. The van der Waals surface area contributed by atoms with Gasteiger partial charge in [-0.25, -0.2) is 9.18 Å². The third-order valence-corrected chi connectivity index (χ3v) is 2.30. The summed E-state index contributed by atoms with van der Waals surface area (Å²) in [6.45, 7) is 0. The molecule has 0 aliphatic carbocycles. The number of nitriles is 1. The molecule has 0 fully saturated rings. The van der Waals surface area contributed by atoms with E-state index in [-0.39, 0.29) is 22.6 Å². The zero-order chi connectivity index (χ0) is 13.8. The Kier molecular flexibility index (Phi) is 3.39. The molecule has 0 amide bonds. The number of aromatic carboxylic acids is 1. The van der Waals surface area contributed by atoms with Crippen molar-refractivity contribution >= 4 is 5.97 Å². The van der Waals surface area contributed by atoms with Gasteiger partial charge in [-0.2, -0.15) is 5.26 Å². The van der Waals surface area contributed by atoms with E-state index in [1.165, 1.54) is 30.6 Å². The van der Waals surface area contributed by atoms with Gasteiger partial charge in [0.1, 0.15) is 23.2 Å². The average molecular weight is 258 g/mol. The Labute approximate surface area is 107 Å². The molecule has 1 aromatic carbocycles. The number of ether oxygens (including phenoxy) is 1. The quantitative estimate of drug-likeness (QED) is 0.914. The number of aromatic nitrogens is 1. The monoisotopic (exact) mass is 258 g/mol. The Bertz CT molecular complexity index is 680. The van der Waals surface area contributed by atoms with E-state index in [0.29, 0.717) is 0 Å². The van der Waals surface area contributed by atoms with Gasteiger partial charge in [0.25, 0.3) is 0 Å². The van der Waals surface area contributed by atoms with Gasteiger partial charge in [-0.05, 0) is 18.2 Å². The van der Waals surface area contributed by atoms with Crippen molar-refractivity contribution in [3.63, 3.8) is 0 Å². The fourth-order valence-electron chi connectivity index (χ4n) is 1.41. The van der Waals surface area contributed by atoms with E-state index in [1.54, 1.807) is 6.07 Å². The fraction of sp³-hybridized carbons (Fsp3) is 0. The van der Waals surface area contributed by atoms with Gasteiger partial charge in [-0.15, -0.1) is 0 Å². The highest BCUT2D eigenvalue weighted by atomic mass is 19.1. The Morgan fingerprint density at radius 3 is 2.84 bits per heavy atom. The second-order valence-electron chi connectivity index (χ2n) is 3.53. The molecule has 0 atom stereocenters. The first-order valence-electron chi connectivity index (χ1n) is 5.16. The van der Waals surface area contributed by atoms with E-state index >= 15 is 0 Å². The van der Waals surface area contributed by atoms with Gasteiger partial charge in [0, 0.05) is 12.3 Å². The van der Waals surface area contributed by atoms with Crippen molar-refractivity contribution < 1.29 is 19.0 Å². The molecule has 0 spiro atoms. The van der Waals surface area contributed by atoms with Crippen LogP contribution in [0.3, 0.4) is 0 Å². The van der Waals surface area contributed by atoms with Gasteiger partial charge in [-0.1, -0.05) is 0 Å². The van der Waals surface area contributed by atoms with Gasteiger partial charge < -0.3 is 9.84 Å². The Balaban J connectivity index is 2.34. The first-order chi connectivity index (χ1) is 9.11. The summed E-state index contributed by atoms with van der Waals surface area (Å²) < 4.78 is 18.6. The van der Waals surface area contributed by atoms with E-state index in [1.807, 2.05) is 0 Å². The van der Waals surface area contributed by atoms with Gasteiger partial charge in [-0.3, -0.25) is 4.98 Å². The molecule has 6 heteroatoms. The number of hydrogen-bond donors (Lipinski definition) is 1. The summed E-state index contributed by atoms with van der Waals surface area (Å²) in [6.07, 6.45) is 2.54. The normalized spacial score (nSPS) is 9.68. The standard InChI is InChI=1S/C13H7FN2O3/c14-11-5-9(2-1-8(11)6-15)19-12-7-16-4-3-10(12)13(17)18/h1-5,7H,(H,17,18). The minimum absolute atomic E-state index is 0.000826. The molecule has 2 aromatic rings. The van der Waals surface area contributed by atoms with Crippen LogP contribution in [0.1, 0.15) is 15.9 Å². The third-order valence-electron chi connectivity index (χ3n) is 2.30. The van der Waals surface area contributed by atoms with Crippen LogP contribution in [0.5, 0.6) is 11.5 Å². The third kappa shape index (κ3) is 2.66. The van der Waals surface area contributed by atoms with Gasteiger partial charge in [0.15, 0.2) is 5.75 Å². The van der Waals surface area contributed by atoms with Crippen LogP contribution >= 0.6 is 0 Å². The maximum Gasteiger partial charge on any atom is 0.339 e. The summed E-state index contributed by atoms with van der Waals surface area (Å²) in [4.78, 5) is 14.7. The van der Waals surface area contributed by atoms with Crippen LogP contribution in [0.4, 0.5) is 4.39 Å². The lowest BCUT2D eigenvalue weighted by molar-refractivity contribution is 0.0694. The first-order valence-corrected chi connectivity index (χ1v) is 5.16. The number of benzene rings is 1. The fourth-order valence-corrected chi connectivity index (χ4v) is 1.41. The molecule has 1 aromatic heterocycles. The van der Waals surface area contributed by atoms with Crippen LogP contribution < -0.4 is 4.74 Å². The van der Waals surface area contributed by atoms with E-state index in [2.05, 4.69) is 4.98 Å². The summed E-state index contributed by atoms with van der Waals surface area (Å²) in [5.74, 6) is -1.82. The Morgan fingerprint density at radius 2 is 2.21 bits per heavy atom. The first kappa shape index (κ1) is 12.5. The second-order valence-corrected chi connectivity index (χ2v) is 3.53. The number of carboxylic acids is 1. The molecule has 5 nitrogen and oxygen atoms in total. The number of pyridine rings is 1. The molecule has 2 rings (SSSR count). The SMILES string of the molecule is N#Cc1ccc(Oc2cnccc2C(=O)O)cc1F. The molecule has 94 valence electrons. The van der Waals surface area contributed by atoms with Crippen molar-refractivity contribution in [3.8, 4) is 17.6 Å². The van der Waals surface area contributed by atoms with E-state index < -0.39 is 11.8 Å². The van der Waals surface area contributed by atoms with Crippen LogP contribution in [-0.2, 0) is 0 Å². The molecule has 1 N–H and O–H groups in total. The summed E-state index contributed by atoms with van der Waals surface area (Å²) >= 11 is 0. The van der Waals surface area contributed by atoms with Gasteiger partial charge >= 0.3 is 5.97 Å². The predicted molar refractivity (Wildman–Crippen MR) is 62.4 cm³/mol. The number of hydrogen-bond acceptors (Lipinski definition) is 4. The van der Waals surface area contributed by atoms with Crippen molar-refractivity contribution in [2.75, 3.05) is 0 Å². The molecule has 1 heterocycles. The molecular weight excluding hydrogens is 251 g/mol. The van der Waals surface area contributed by atoms with E-state index in [4.69, 9.17) is 15.1 Å². The smallest absolute Gasteiger partial charge is 0.339 e. The highest BCUT2D eigenvalue weighted by molar-refractivity contribution is 5.90. The minimum Gasteiger partial charge on any atom is -0.478 e. The summed E-state index contributed by atoms with van der Waals surface area (Å²) in [6, 6.07) is 6.59. The number of halogens is 1. The van der Waals surface area contributed by atoms with Crippen molar-refractivity contribution in [3.05, 3.63) is 53.6 Å². The predicted octanol–water partition coefficient (Wildman–Crippen LogP) is 2.58. The molecule has 0 aliphatic rings. The largest absolute Gasteiger partial charge is 0.478 e. The molecule has 0 bridgehead atoms. The van der Waals surface area contributed by atoms with Crippen molar-refractivity contribution in [2.45, 2.75) is 0 Å². The lowest BCUT2D eigenvalue weighted by atomic mass is 10.2. The molecule has 0 radical (unpaired) electrons. The van der Waals surface area contributed by atoms with Crippen LogP contribution in [0, 0.1) is 17.1 Å². The van der Waals surface area contributed by atoms with Crippen molar-refractivity contribution in [1.29, 1.82) is 5.26 Å². The maximum atomic E-state index is 13.4. The maximum absolute atomic E-state index is 13.4. The lowest BCUT2D eigenvalue weighted by Crippen LogP contribution is -2.00. The molecule has 0 unspecified atom stereocenters. The van der Waals surface area contributed by atoms with Crippen LogP contribution in [0.25, 0.3) is 0 Å². The molecule has 0 saturated carbocycles. The zero-order valence-corrected chi connectivity index (χ0v) is 9.50. The zero-order valence-electron chi connectivity index (χ0n) is 9.50. The van der Waals surface area contributed by atoms with Gasteiger partial charge in [0.05, 0.1) is 11.8 Å². The van der Waals surface area contributed by atoms with Crippen LogP contribution in [-0.4, -0.2) is 16.1 Å². The van der Waals surface area contributed by atoms with Crippen molar-refractivity contribution in [2.24, 2.45) is 0 Å². The summed E-state index contributed by atoms with van der Waals surface area (Å²) in [5.41, 5.74) is -0.197. The Morgan fingerprint density at radius 1 is 1.42 bits per heavy atom. The number of nitrogens with zero attached hydrogens (tertiary/aromatic N) is 2. The highest BCUT2D eigenvalue weighted by Gasteiger charge is 2.12. The van der Waals surface area contributed by atoms with Crippen LogP contribution in [0.2, 0.25) is 0 Å². The van der Waals surface area contributed by atoms with Crippen LogP contribution in [0.15, 0.2) is 36.7 Å². The second kappa shape index (κ2) is 5.14. The van der Waals surface area contributed by atoms with Crippen molar-refractivity contribution in [1.82, 2.24) is 4.98 Å². The lowest BCUT2D eigenvalue weighted by Gasteiger charge is -2.08. The molecule has 19 heavy (non-hydrogen) atoms. The minimum atomic E-state index is -1.17. The Hall–Kier alpha value is -2.94. The summed E-state index contributed by atoms with van der Waals surface area (Å²) in [7, 11) is 0. The molecule has 0 saturated heterocycles. The van der Waals surface area contributed by atoms with E-state index in [9.17, 15) is 9.18 Å². The number of carboxylic acid groups (broad SMARTS) is 1. The molecule has 0 aliphatic heterocycles. The molecular formula is C13H7FN2O3. The number of carbonyl (C=O) groups is 1. The summed E-state index contributed by atoms with van der Waals surface area (Å²) in [5, 5.41) is 17.6. The van der Waals surface area contributed by atoms with Gasteiger partial charge in [0.2, 0.25) is 0 Å². The topological polar surface area (TPSA) is 83.2 Å². The van der Waals surface area contributed by atoms with E-state index in [0.717, 1.165) is 6.07 Å².